The van der Waals surface area contributed by atoms with Crippen molar-refractivity contribution in [2.75, 3.05) is 5.32 Å². The number of hydrogen-bond donors (Lipinski definition) is 2. The van der Waals surface area contributed by atoms with E-state index >= 15 is 0 Å². The van der Waals surface area contributed by atoms with Crippen molar-refractivity contribution in [2.45, 2.75) is 25.1 Å². The Morgan fingerprint density at radius 2 is 2.22 bits per heavy atom. The molecule has 1 aliphatic rings. The van der Waals surface area contributed by atoms with Gasteiger partial charge in [-0.3, -0.25) is 4.98 Å². The maximum absolute atomic E-state index is 6.33. The number of anilines is 1. The average molecular weight is 350 g/mol. The van der Waals surface area contributed by atoms with E-state index < -0.39 is 0 Å². The number of rotatable bonds is 4. The molecule has 0 amide bonds. The van der Waals surface area contributed by atoms with Crippen LogP contribution >= 0.6 is 23.2 Å². The highest BCUT2D eigenvalue weighted by molar-refractivity contribution is 6.32. The van der Waals surface area contributed by atoms with Gasteiger partial charge in [-0.05, 0) is 42.3 Å². The molecule has 1 aromatic heterocycles. The van der Waals surface area contributed by atoms with Crippen molar-refractivity contribution in [3.63, 3.8) is 0 Å². The predicted octanol–water partition coefficient (Wildman–Crippen LogP) is 4.04. The number of nitrogens with zero attached hydrogens (tertiary/aromatic N) is 1. The van der Waals surface area contributed by atoms with Crippen LogP contribution in [0.25, 0.3) is 6.08 Å². The summed E-state index contributed by atoms with van der Waals surface area (Å²) >= 11 is 12.7. The molecule has 1 aliphatic heterocycles. The van der Waals surface area contributed by atoms with Crippen LogP contribution in [0.2, 0.25) is 5.02 Å². The average Bonchev–Trinajstić information content (AvgIpc) is 2.53. The number of hydrogen-bond acceptors (Lipinski definition) is 4. The molecular formula is C17H17Cl2N3O. The van der Waals surface area contributed by atoms with Crippen LogP contribution in [0.3, 0.4) is 0 Å². The third-order valence-corrected chi connectivity index (χ3v) is 4.29. The van der Waals surface area contributed by atoms with Crippen molar-refractivity contribution in [1.29, 1.82) is 0 Å². The van der Waals surface area contributed by atoms with E-state index in [-0.39, 0.29) is 11.5 Å². The number of nitrogens with one attached hydrogen (secondary N) is 1. The summed E-state index contributed by atoms with van der Waals surface area (Å²) in [6.45, 7) is 2.25. The summed E-state index contributed by atoms with van der Waals surface area (Å²) in [6.07, 6.45) is 3.70. The van der Waals surface area contributed by atoms with Crippen LogP contribution in [0, 0.1) is 0 Å². The molecule has 6 heteroatoms. The molecule has 23 heavy (non-hydrogen) atoms. The first kappa shape index (κ1) is 16.1. The molecule has 0 bridgehead atoms. The molecule has 0 saturated carbocycles. The number of aromatic nitrogens is 1. The molecule has 0 aliphatic carbocycles. The van der Waals surface area contributed by atoms with Crippen molar-refractivity contribution >= 4 is 35.0 Å². The lowest BCUT2D eigenvalue weighted by molar-refractivity contribution is 0.301. The number of benzene rings is 1. The topological polar surface area (TPSA) is 60.2 Å². The highest BCUT2D eigenvalue weighted by Gasteiger charge is 2.22. The predicted molar refractivity (Wildman–Crippen MR) is 94.9 cm³/mol. The van der Waals surface area contributed by atoms with E-state index in [1.165, 1.54) is 0 Å². The molecule has 3 rings (SSSR count). The van der Waals surface area contributed by atoms with E-state index in [1.807, 2.05) is 43.3 Å². The zero-order valence-corrected chi connectivity index (χ0v) is 14.1. The van der Waals surface area contributed by atoms with Crippen molar-refractivity contribution in [3.05, 3.63) is 58.4 Å². The molecule has 1 unspecified atom stereocenters. The Labute approximate surface area is 145 Å². The minimum atomic E-state index is -0.340. The van der Waals surface area contributed by atoms with Crippen LogP contribution in [-0.2, 0) is 6.61 Å². The number of halogens is 2. The van der Waals surface area contributed by atoms with Crippen LogP contribution in [0.5, 0.6) is 5.75 Å². The highest BCUT2D eigenvalue weighted by atomic mass is 35.5. The van der Waals surface area contributed by atoms with Crippen molar-refractivity contribution in [2.24, 2.45) is 5.73 Å². The fourth-order valence-electron chi connectivity index (χ4n) is 2.39. The largest absolute Gasteiger partial charge is 0.486 e. The normalized spacial score (nSPS) is 17.7. The highest BCUT2D eigenvalue weighted by Crippen LogP contribution is 2.37. The Balaban J connectivity index is 1.84. The Bertz CT molecular complexity index is 732. The zero-order valence-electron chi connectivity index (χ0n) is 12.6. The van der Waals surface area contributed by atoms with Gasteiger partial charge in [0.25, 0.3) is 0 Å². The SMILES string of the molecule is C[C@H](N)C1=Cc2cc(Cl)c(OCc3ccccn3)cc2NC1Cl. The minimum Gasteiger partial charge on any atom is -0.486 e. The van der Waals surface area contributed by atoms with Gasteiger partial charge >= 0.3 is 0 Å². The van der Waals surface area contributed by atoms with Gasteiger partial charge in [0.05, 0.1) is 10.7 Å². The van der Waals surface area contributed by atoms with Crippen LogP contribution in [0.4, 0.5) is 5.69 Å². The van der Waals surface area contributed by atoms with Gasteiger partial charge in [-0.15, -0.1) is 0 Å². The second kappa shape index (κ2) is 6.79. The summed E-state index contributed by atoms with van der Waals surface area (Å²) in [6, 6.07) is 9.25. The Morgan fingerprint density at radius 3 is 2.91 bits per heavy atom. The Morgan fingerprint density at radius 1 is 1.39 bits per heavy atom. The van der Waals surface area contributed by atoms with Gasteiger partial charge in [0, 0.05) is 24.0 Å². The molecule has 1 aromatic carbocycles. The summed E-state index contributed by atoms with van der Waals surface area (Å²) in [5.74, 6) is 0.588. The summed E-state index contributed by atoms with van der Waals surface area (Å²) in [4.78, 5) is 4.22. The number of alkyl halides is 1. The van der Waals surface area contributed by atoms with Crippen LogP contribution in [0.15, 0.2) is 42.1 Å². The summed E-state index contributed by atoms with van der Waals surface area (Å²) < 4.78 is 5.78. The molecule has 4 nitrogen and oxygen atoms in total. The number of pyridine rings is 1. The van der Waals surface area contributed by atoms with Crippen LogP contribution in [-0.4, -0.2) is 16.5 Å². The molecule has 0 fully saturated rings. The monoisotopic (exact) mass is 349 g/mol. The Kier molecular flexibility index (Phi) is 4.76. The maximum atomic E-state index is 6.33. The van der Waals surface area contributed by atoms with Crippen molar-refractivity contribution in [1.82, 2.24) is 4.98 Å². The van der Waals surface area contributed by atoms with E-state index in [2.05, 4.69) is 10.3 Å². The Hall–Kier alpha value is -1.75. The van der Waals surface area contributed by atoms with Gasteiger partial charge in [-0.25, -0.2) is 0 Å². The van der Waals surface area contributed by atoms with Crippen molar-refractivity contribution < 1.29 is 4.74 Å². The van der Waals surface area contributed by atoms with Crippen molar-refractivity contribution in [3.8, 4) is 5.75 Å². The first-order chi connectivity index (χ1) is 11.0. The van der Waals surface area contributed by atoms with Gasteiger partial charge in [-0.1, -0.05) is 29.3 Å². The number of nitrogens with two attached hydrogens (primary N) is 1. The molecule has 2 heterocycles. The molecule has 0 radical (unpaired) electrons. The number of ether oxygens (including phenoxy) is 1. The first-order valence-electron chi connectivity index (χ1n) is 7.28. The van der Waals surface area contributed by atoms with E-state index in [0.717, 1.165) is 22.5 Å². The van der Waals surface area contributed by atoms with Gasteiger partial charge in [-0.2, -0.15) is 0 Å². The van der Waals surface area contributed by atoms with E-state index in [0.29, 0.717) is 17.4 Å². The van der Waals surface area contributed by atoms with E-state index in [1.54, 1.807) is 6.20 Å². The maximum Gasteiger partial charge on any atom is 0.140 e. The van der Waals surface area contributed by atoms with E-state index in [9.17, 15) is 0 Å². The van der Waals surface area contributed by atoms with Crippen LogP contribution in [0.1, 0.15) is 18.2 Å². The quantitative estimate of drug-likeness (QED) is 0.646. The lowest BCUT2D eigenvalue weighted by Gasteiger charge is -2.26. The third kappa shape index (κ3) is 3.61. The summed E-state index contributed by atoms with van der Waals surface area (Å²) in [5, 5.41) is 3.76. The molecule has 2 aromatic rings. The lowest BCUT2D eigenvalue weighted by atomic mass is 10.00. The smallest absolute Gasteiger partial charge is 0.140 e. The second-order valence-electron chi connectivity index (χ2n) is 5.42. The van der Waals surface area contributed by atoms with Gasteiger partial charge in [0.1, 0.15) is 17.9 Å². The number of fused-ring (bicyclic) bond motifs is 1. The molecule has 120 valence electrons. The lowest BCUT2D eigenvalue weighted by Crippen LogP contribution is -2.30. The summed E-state index contributed by atoms with van der Waals surface area (Å²) in [5.41, 5.74) is 9.18. The zero-order chi connectivity index (χ0) is 16.4. The van der Waals surface area contributed by atoms with Gasteiger partial charge < -0.3 is 15.8 Å². The minimum absolute atomic E-state index is 0.128. The molecular weight excluding hydrogens is 333 g/mol. The fourth-order valence-corrected chi connectivity index (χ4v) is 3.00. The van der Waals surface area contributed by atoms with Gasteiger partial charge in [0.15, 0.2) is 0 Å². The first-order valence-corrected chi connectivity index (χ1v) is 8.10. The molecule has 2 atom stereocenters. The fraction of sp³-hybridized carbons (Fsp3) is 0.235. The molecule has 0 spiro atoms. The van der Waals surface area contributed by atoms with E-state index in [4.69, 9.17) is 33.7 Å². The van der Waals surface area contributed by atoms with Gasteiger partial charge in [0.2, 0.25) is 0 Å². The standard InChI is InChI=1S/C17H17Cl2N3O/c1-10(20)13-6-11-7-14(18)16(8-15(11)22-17(13)19)23-9-12-4-2-3-5-21-12/h2-8,10,17,22H,9,20H2,1H3/t10-,17?/m0/s1. The molecule has 0 saturated heterocycles. The van der Waals surface area contributed by atoms with Crippen LogP contribution < -0.4 is 15.8 Å². The molecule has 3 N–H and O–H groups in total. The summed E-state index contributed by atoms with van der Waals surface area (Å²) in [7, 11) is 0. The third-order valence-electron chi connectivity index (χ3n) is 3.63. The second-order valence-corrected chi connectivity index (χ2v) is 6.26.